The smallest absolute Gasteiger partial charge is 0.146 e. The zero-order chi connectivity index (χ0) is 14.4. The summed E-state index contributed by atoms with van der Waals surface area (Å²) in [6.07, 6.45) is 4.97. The maximum atomic E-state index is 14.2. The maximum absolute atomic E-state index is 14.2. The number of para-hydroxylation sites is 1. The summed E-state index contributed by atoms with van der Waals surface area (Å²) < 4.78 is 14.2. The summed E-state index contributed by atoms with van der Waals surface area (Å²) in [4.78, 5) is 2.24. The molecule has 112 valence electrons. The van der Waals surface area contributed by atoms with E-state index < -0.39 is 0 Å². The number of anilines is 1. The van der Waals surface area contributed by atoms with Gasteiger partial charge in [0.05, 0.1) is 5.69 Å². The lowest BCUT2D eigenvalue weighted by Crippen LogP contribution is -2.35. The van der Waals surface area contributed by atoms with Crippen LogP contribution in [0.15, 0.2) is 18.2 Å². The first-order valence-corrected chi connectivity index (χ1v) is 7.99. The van der Waals surface area contributed by atoms with Gasteiger partial charge in [0.2, 0.25) is 0 Å². The Morgan fingerprint density at radius 2 is 2.00 bits per heavy atom. The van der Waals surface area contributed by atoms with E-state index in [-0.39, 0.29) is 5.82 Å². The van der Waals surface area contributed by atoms with Crippen molar-refractivity contribution < 1.29 is 4.39 Å². The summed E-state index contributed by atoms with van der Waals surface area (Å²) in [6.45, 7) is 7.97. The first-order chi connectivity index (χ1) is 9.76. The standard InChI is InChI=1S/C17H27FN2/c1-3-6-14-9-11-20(12-10-14)17-15(13-19-4-2)7-5-8-16(17)18/h5,7-8,14,19H,3-4,6,9-13H2,1-2H3. The second-order valence-electron chi connectivity index (χ2n) is 5.75. The molecule has 1 aliphatic heterocycles. The number of nitrogens with one attached hydrogen (secondary N) is 1. The number of hydrogen-bond acceptors (Lipinski definition) is 2. The zero-order valence-electron chi connectivity index (χ0n) is 12.8. The first-order valence-electron chi connectivity index (χ1n) is 7.99. The molecule has 0 saturated carbocycles. The quantitative estimate of drug-likeness (QED) is 0.847. The van der Waals surface area contributed by atoms with Crippen LogP contribution >= 0.6 is 0 Å². The minimum Gasteiger partial charge on any atom is -0.369 e. The highest BCUT2D eigenvalue weighted by Crippen LogP contribution is 2.30. The summed E-state index contributed by atoms with van der Waals surface area (Å²) in [5.41, 5.74) is 1.91. The summed E-state index contributed by atoms with van der Waals surface area (Å²) >= 11 is 0. The van der Waals surface area contributed by atoms with Crippen molar-refractivity contribution in [3.63, 3.8) is 0 Å². The predicted molar refractivity (Wildman–Crippen MR) is 83.6 cm³/mol. The van der Waals surface area contributed by atoms with Crippen LogP contribution < -0.4 is 10.2 Å². The van der Waals surface area contributed by atoms with Gasteiger partial charge in [-0.1, -0.05) is 38.8 Å². The molecule has 1 saturated heterocycles. The summed E-state index contributed by atoms with van der Waals surface area (Å²) in [5.74, 6) is 0.759. The molecule has 1 heterocycles. The van der Waals surface area contributed by atoms with Gasteiger partial charge in [0, 0.05) is 19.6 Å². The predicted octanol–water partition coefficient (Wildman–Crippen LogP) is 3.95. The van der Waals surface area contributed by atoms with Crippen molar-refractivity contribution in [2.75, 3.05) is 24.5 Å². The number of hydrogen-bond donors (Lipinski definition) is 1. The molecule has 0 radical (unpaired) electrons. The molecule has 0 unspecified atom stereocenters. The molecular weight excluding hydrogens is 251 g/mol. The van der Waals surface area contributed by atoms with E-state index in [4.69, 9.17) is 0 Å². The summed E-state index contributed by atoms with van der Waals surface area (Å²) in [5, 5.41) is 3.31. The van der Waals surface area contributed by atoms with Gasteiger partial charge in [-0.05, 0) is 36.9 Å². The second-order valence-corrected chi connectivity index (χ2v) is 5.75. The van der Waals surface area contributed by atoms with Crippen molar-refractivity contribution in [2.45, 2.75) is 46.1 Å². The fourth-order valence-electron chi connectivity index (χ4n) is 3.17. The third-order valence-electron chi connectivity index (χ3n) is 4.26. The minimum atomic E-state index is -0.0747. The molecule has 1 fully saturated rings. The normalized spacial score (nSPS) is 16.6. The molecule has 0 spiro atoms. The van der Waals surface area contributed by atoms with Gasteiger partial charge in [0.1, 0.15) is 5.82 Å². The third-order valence-corrected chi connectivity index (χ3v) is 4.26. The Kier molecular flexibility index (Phi) is 5.84. The molecule has 3 heteroatoms. The molecule has 2 rings (SSSR count). The van der Waals surface area contributed by atoms with Crippen LogP contribution in [0.2, 0.25) is 0 Å². The molecule has 0 bridgehead atoms. The van der Waals surface area contributed by atoms with Gasteiger partial charge < -0.3 is 10.2 Å². The van der Waals surface area contributed by atoms with E-state index in [0.29, 0.717) is 0 Å². The van der Waals surface area contributed by atoms with Gasteiger partial charge in [0.25, 0.3) is 0 Å². The Balaban J connectivity index is 2.08. The lowest BCUT2D eigenvalue weighted by molar-refractivity contribution is 0.376. The van der Waals surface area contributed by atoms with Crippen LogP contribution in [0, 0.1) is 11.7 Å². The SMILES string of the molecule is CCCC1CCN(c2c(F)cccc2CNCC)CC1. The maximum Gasteiger partial charge on any atom is 0.146 e. The topological polar surface area (TPSA) is 15.3 Å². The van der Waals surface area contributed by atoms with Crippen LogP contribution in [-0.2, 0) is 6.54 Å². The van der Waals surface area contributed by atoms with Gasteiger partial charge in [-0.15, -0.1) is 0 Å². The van der Waals surface area contributed by atoms with E-state index in [9.17, 15) is 4.39 Å². The van der Waals surface area contributed by atoms with E-state index >= 15 is 0 Å². The largest absolute Gasteiger partial charge is 0.369 e. The fourth-order valence-corrected chi connectivity index (χ4v) is 3.17. The van der Waals surface area contributed by atoms with E-state index in [1.165, 1.54) is 25.7 Å². The number of nitrogens with zero attached hydrogens (tertiary/aromatic N) is 1. The zero-order valence-corrected chi connectivity index (χ0v) is 12.8. The van der Waals surface area contributed by atoms with Crippen LogP contribution in [0.1, 0.15) is 45.1 Å². The lowest BCUT2D eigenvalue weighted by atomic mass is 9.92. The highest BCUT2D eigenvalue weighted by molar-refractivity contribution is 5.55. The highest BCUT2D eigenvalue weighted by Gasteiger charge is 2.22. The molecule has 1 aromatic rings. The summed E-state index contributed by atoms with van der Waals surface area (Å²) in [6, 6.07) is 5.44. The van der Waals surface area contributed by atoms with Crippen molar-refractivity contribution in [1.29, 1.82) is 0 Å². The van der Waals surface area contributed by atoms with Gasteiger partial charge in [-0.3, -0.25) is 0 Å². The molecule has 0 atom stereocenters. The Bertz CT molecular complexity index is 411. The van der Waals surface area contributed by atoms with E-state index in [1.807, 2.05) is 12.1 Å². The van der Waals surface area contributed by atoms with Gasteiger partial charge in [-0.25, -0.2) is 4.39 Å². The third kappa shape index (κ3) is 3.72. The minimum absolute atomic E-state index is 0.0747. The van der Waals surface area contributed by atoms with Crippen LogP contribution in [-0.4, -0.2) is 19.6 Å². The van der Waals surface area contributed by atoms with E-state index in [2.05, 4.69) is 24.1 Å². The Hall–Kier alpha value is -1.09. The molecule has 0 aliphatic carbocycles. The first kappa shape index (κ1) is 15.3. The number of halogens is 1. The molecular formula is C17H27FN2. The van der Waals surface area contributed by atoms with Crippen molar-refractivity contribution in [1.82, 2.24) is 5.32 Å². The molecule has 0 aromatic heterocycles. The van der Waals surface area contributed by atoms with Crippen LogP contribution in [0.4, 0.5) is 10.1 Å². The Morgan fingerprint density at radius 1 is 1.25 bits per heavy atom. The van der Waals surface area contributed by atoms with Gasteiger partial charge in [0.15, 0.2) is 0 Å². The molecule has 0 amide bonds. The molecule has 1 aliphatic rings. The van der Waals surface area contributed by atoms with Gasteiger partial charge >= 0.3 is 0 Å². The average molecular weight is 278 g/mol. The van der Waals surface area contributed by atoms with Crippen molar-refractivity contribution in [2.24, 2.45) is 5.92 Å². The lowest BCUT2D eigenvalue weighted by Gasteiger charge is -2.35. The average Bonchev–Trinajstić information content (AvgIpc) is 2.47. The van der Waals surface area contributed by atoms with Crippen molar-refractivity contribution in [3.05, 3.63) is 29.6 Å². The van der Waals surface area contributed by atoms with Crippen LogP contribution in [0.5, 0.6) is 0 Å². The van der Waals surface area contributed by atoms with Crippen molar-refractivity contribution >= 4 is 5.69 Å². The number of piperidine rings is 1. The Morgan fingerprint density at radius 3 is 2.65 bits per heavy atom. The fraction of sp³-hybridized carbons (Fsp3) is 0.647. The Labute approximate surface area is 122 Å². The highest BCUT2D eigenvalue weighted by atomic mass is 19.1. The second kappa shape index (κ2) is 7.63. The molecule has 1 aromatic carbocycles. The number of rotatable bonds is 6. The van der Waals surface area contributed by atoms with E-state index in [1.54, 1.807) is 6.07 Å². The van der Waals surface area contributed by atoms with Crippen molar-refractivity contribution in [3.8, 4) is 0 Å². The monoisotopic (exact) mass is 278 g/mol. The number of benzene rings is 1. The van der Waals surface area contributed by atoms with Gasteiger partial charge in [-0.2, -0.15) is 0 Å². The molecule has 2 nitrogen and oxygen atoms in total. The molecule has 20 heavy (non-hydrogen) atoms. The van der Waals surface area contributed by atoms with E-state index in [0.717, 1.165) is 43.3 Å². The summed E-state index contributed by atoms with van der Waals surface area (Å²) in [7, 11) is 0. The van der Waals surface area contributed by atoms with Crippen LogP contribution in [0.3, 0.4) is 0 Å². The molecule has 1 N–H and O–H groups in total. The van der Waals surface area contributed by atoms with Crippen LogP contribution in [0.25, 0.3) is 0 Å².